The fourth-order valence-electron chi connectivity index (χ4n) is 1.47. The second-order valence-corrected chi connectivity index (χ2v) is 4.40. The lowest BCUT2D eigenvalue weighted by Gasteiger charge is -2.05. The Balaban J connectivity index is 2.70. The van der Waals surface area contributed by atoms with Crippen molar-refractivity contribution in [1.29, 1.82) is 0 Å². The molecule has 1 heterocycles. The minimum atomic E-state index is -4.28. The van der Waals surface area contributed by atoms with Gasteiger partial charge in [0.1, 0.15) is 0 Å². The summed E-state index contributed by atoms with van der Waals surface area (Å²) in [5, 5.41) is 0.628. The first-order valence-electron chi connectivity index (χ1n) is 4.24. The van der Waals surface area contributed by atoms with E-state index in [1.54, 1.807) is 0 Å². The van der Waals surface area contributed by atoms with Crippen LogP contribution in [-0.4, -0.2) is 4.98 Å². The normalized spacial score (nSPS) is 12.3. The van der Waals surface area contributed by atoms with Crippen molar-refractivity contribution in [2.75, 3.05) is 0 Å². The molecule has 0 amide bonds. The van der Waals surface area contributed by atoms with Crippen molar-refractivity contribution in [2.45, 2.75) is 13.1 Å². The van der Waals surface area contributed by atoms with Gasteiger partial charge in [-0.2, -0.15) is 13.2 Å². The van der Waals surface area contributed by atoms with Crippen molar-refractivity contribution in [3.05, 3.63) is 33.0 Å². The molecule has 1 N–H and O–H groups in total. The monoisotopic (exact) mass is 325 g/mol. The van der Waals surface area contributed by atoms with Crippen LogP contribution < -0.4 is 0 Å². The summed E-state index contributed by atoms with van der Waals surface area (Å²) in [7, 11) is 0. The zero-order chi connectivity index (χ0) is 11.2. The lowest BCUT2D eigenvalue weighted by molar-refractivity contribution is -0.137. The van der Waals surface area contributed by atoms with E-state index in [9.17, 15) is 13.2 Å². The molecule has 0 atom stereocenters. The largest absolute Gasteiger partial charge is 0.416 e. The first kappa shape index (κ1) is 10.8. The van der Waals surface area contributed by atoms with Crippen LogP contribution in [0.4, 0.5) is 13.2 Å². The molecule has 0 fully saturated rings. The highest BCUT2D eigenvalue weighted by atomic mass is 127. The zero-order valence-electron chi connectivity index (χ0n) is 7.74. The average molecular weight is 325 g/mol. The van der Waals surface area contributed by atoms with Crippen LogP contribution in [0, 0.1) is 10.5 Å². The molecule has 5 heteroatoms. The Kier molecular flexibility index (Phi) is 2.44. The Hall–Kier alpha value is -0.720. The van der Waals surface area contributed by atoms with Crippen molar-refractivity contribution in [1.82, 2.24) is 4.98 Å². The molecule has 0 spiro atoms. The van der Waals surface area contributed by atoms with Gasteiger partial charge >= 0.3 is 6.18 Å². The Morgan fingerprint density at radius 2 is 1.93 bits per heavy atom. The van der Waals surface area contributed by atoms with Gasteiger partial charge in [0.05, 0.1) is 5.56 Å². The fraction of sp³-hybridized carbons (Fsp3) is 0.200. The lowest BCUT2D eigenvalue weighted by Crippen LogP contribution is -2.04. The molecule has 1 nitrogen and oxygen atoms in total. The topological polar surface area (TPSA) is 15.8 Å². The van der Waals surface area contributed by atoms with Crippen LogP contribution >= 0.6 is 22.6 Å². The highest BCUT2D eigenvalue weighted by Crippen LogP contribution is 2.33. The number of H-pyrrole nitrogens is 1. The number of benzene rings is 1. The molecule has 2 rings (SSSR count). The van der Waals surface area contributed by atoms with E-state index >= 15 is 0 Å². The van der Waals surface area contributed by atoms with Gasteiger partial charge < -0.3 is 4.98 Å². The van der Waals surface area contributed by atoms with Gasteiger partial charge in [-0.3, -0.25) is 0 Å². The van der Waals surface area contributed by atoms with E-state index in [-0.39, 0.29) is 0 Å². The molecule has 0 aliphatic carbocycles. The molecule has 2 aromatic rings. The number of halogens is 4. The Morgan fingerprint density at radius 3 is 2.53 bits per heavy atom. The maximum atomic E-state index is 12.4. The molecule has 80 valence electrons. The number of nitrogens with one attached hydrogen (secondary N) is 1. The number of aryl methyl sites for hydroxylation is 1. The fourth-order valence-corrected chi connectivity index (χ4v) is 2.05. The van der Waals surface area contributed by atoms with E-state index in [0.717, 1.165) is 20.8 Å². The molecule has 1 aromatic heterocycles. The van der Waals surface area contributed by atoms with Crippen LogP contribution in [0.5, 0.6) is 0 Å². The average Bonchev–Trinajstić information content (AvgIpc) is 2.41. The van der Waals surface area contributed by atoms with E-state index in [1.165, 1.54) is 12.1 Å². The molecule has 0 aliphatic rings. The number of hydrogen-bond donors (Lipinski definition) is 1. The van der Waals surface area contributed by atoms with Gasteiger partial charge in [-0.15, -0.1) is 0 Å². The Bertz CT molecular complexity index is 513. The zero-order valence-corrected chi connectivity index (χ0v) is 9.90. The number of fused-ring (bicyclic) bond motifs is 1. The maximum Gasteiger partial charge on any atom is 0.416 e. The van der Waals surface area contributed by atoms with Crippen molar-refractivity contribution >= 4 is 33.5 Å². The van der Waals surface area contributed by atoms with Gasteiger partial charge in [-0.1, -0.05) is 0 Å². The van der Waals surface area contributed by atoms with Crippen LogP contribution in [-0.2, 0) is 6.18 Å². The summed E-state index contributed by atoms with van der Waals surface area (Å²) in [6.45, 7) is 1.84. The molecule has 0 aliphatic heterocycles. The third-order valence-corrected chi connectivity index (χ3v) is 3.62. The van der Waals surface area contributed by atoms with Crippen molar-refractivity contribution in [3.63, 3.8) is 0 Å². The smallest absolute Gasteiger partial charge is 0.358 e. The maximum absolute atomic E-state index is 12.4. The van der Waals surface area contributed by atoms with Crippen molar-refractivity contribution in [2.24, 2.45) is 0 Å². The van der Waals surface area contributed by atoms with Crippen LogP contribution in [0.25, 0.3) is 10.9 Å². The third-order valence-electron chi connectivity index (χ3n) is 2.23. The highest BCUT2D eigenvalue weighted by Gasteiger charge is 2.30. The van der Waals surface area contributed by atoms with E-state index in [2.05, 4.69) is 4.98 Å². The summed E-state index contributed by atoms with van der Waals surface area (Å²) in [6.07, 6.45) is -4.28. The second-order valence-electron chi connectivity index (χ2n) is 3.32. The van der Waals surface area contributed by atoms with Gasteiger partial charge in [0.25, 0.3) is 0 Å². The van der Waals surface area contributed by atoms with Crippen LogP contribution in [0.3, 0.4) is 0 Å². The predicted octanol–water partition coefficient (Wildman–Crippen LogP) is 4.10. The third kappa shape index (κ3) is 1.84. The molecule has 1 aromatic carbocycles. The second kappa shape index (κ2) is 3.40. The summed E-state index contributed by atoms with van der Waals surface area (Å²) < 4.78 is 38.2. The first-order valence-corrected chi connectivity index (χ1v) is 5.32. The van der Waals surface area contributed by atoms with Crippen molar-refractivity contribution in [3.8, 4) is 0 Å². The summed E-state index contributed by atoms with van der Waals surface area (Å²) >= 11 is 2.04. The van der Waals surface area contributed by atoms with E-state index in [4.69, 9.17) is 0 Å². The van der Waals surface area contributed by atoms with Gasteiger partial charge in [0, 0.05) is 20.2 Å². The first-order chi connectivity index (χ1) is 6.89. The van der Waals surface area contributed by atoms with Gasteiger partial charge in [-0.25, -0.2) is 0 Å². The summed E-state index contributed by atoms with van der Waals surface area (Å²) in [5.74, 6) is 0. The van der Waals surface area contributed by atoms with Crippen LogP contribution in [0.2, 0.25) is 0 Å². The number of aromatic amines is 1. The van der Waals surface area contributed by atoms with Crippen LogP contribution in [0.15, 0.2) is 18.2 Å². The van der Waals surface area contributed by atoms with Gasteiger partial charge in [-0.05, 0) is 47.7 Å². The minimum absolute atomic E-state index is 0.605. The van der Waals surface area contributed by atoms with Crippen LogP contribution in [0.1, 0.15) is 11.3 Å². The van der Waals surface area contributed by atoms with E-state index in [1.807, 2.05) is 29.5 Å². The Morgan fingerprint density at radius 1 is 1.27 bits per heavy atom. The highest BCUT2D eigenvalue weighted by molar-refractivity contribution is 14.1. The lowest BCUT2D eigenvalue weighted by atomic mass is 10.1. The standard InChI is InChI=1S/C10H7F3IN/c1-5-9(14)7-4-6(10(11,12)13)2-3-8(7)15-5/h2-4,15H,1H3. The summed E-state index contributed by atoms with van der Waals surface area (Å²) in [5.41, 5.74) is 1.03. The van der Waals surface area contributed by atoms with Gasteiger partial charge in [0.15, 0.2) is 0 Å². The van der Waals surface area contributed by atoms with Gasteiger partial charge in [0.2, 0.25) is 0 Å². The Labute approximate surface area is 97.8 Å². The molecule has 0 bridgehead atoms. The minimum Gasteiger partial charge on any atom is -0.358 e. The number of aromatic nitrogens is 1. The molecule has 0 saturated carbocycles. The SMILES string of the molecule is Cc1[nH]c2ccc(C(F)(F)F)cc2c1I. The molecule has 0 unspecified atom stereocenters. The molecular formula is C10H7F3IN. The molecular weight excluding hydrogens is 318 g/mol. The number of hydrogen-bond acceptors (Lipinski definition) is 0. The summed E-state index contributed by atoms with van der Waals surface area (Å²) in [4.78, 5) is 3.03. The van der Waals surface area contributed by atoms with Crippen molar-refractivity contribution < 1.29 is 13.2 Å². The summed E-state index contributed by atoms with van der Waals surface area (Å²) in [6, 6.07) is 3.74. The molecule has 15 heavy (non-hydrogen) atoms. The number of rotatable bonds is 0. The molecule has 0 saturated heterocycles. The molecule has 0 radical (unpaired) electrons. The quantitative estimate of drug-likeness (QED) is 0.702. The van der Waals surface area contributed by atoms with E-state index < -0.39 is 11.7 Å². The predicted molar refractivity (Wildman–Crippen MR) is 60.8 cm³/mol. The van der Waals surface area contributed by atoms with E-state index in [0.29, 0.717) is 5.39 Å². The number of alkyl halides is 3.